The van der Waals surface area contributed by atoms with Crippen LogP contribution >= 0.6 is 0 Å². The number of nitrogens with one attached hydrogen (secondary N) is 1. The van der Waals surface area contributed by atoms with Gasteiger partial charge in [-0.1, -0.05) is 36.4 Å². The van der Waals surface area contributed by atoms with Crippen LogP contribution in [-0.4, -0.2) is 38.2 Å². The Labute approximate surface area is 129 Å². The lowest BCUT2D eigenvalue weighted by molar-refractivity contribution is 0.135. The number of rotatable bonds is 4. The molecule has 22 heavy (non-hydrogen) atoms. The van der Waals surface area contributed by atoms with Gasteiger partial charge in [-0.25, -0.2) is 4.98 Å². The molecule has 1 saturated heterocycles. The summed E-state index contributed by atoms with van der Waals surface area (Å²) in [6, 6.07) is 16.3. The Morgan fingerprint density at radius 2 is 1.86 bits per heavy atom. The first-order chi connectivity index (χ1) is 10.9. The van der Waals surface area contributed by atoms with Crippen LogP contribution in [0.15, 0.2) is 54.7 Å². The Morgan fingerprint density at radius 1 is 1.05 bits per heavy atom. The van der Waals surface area contributed by atoms with Crippen LogP contribution in [-0.2, 0) is 6.54 Å². The van der Waals surface area contributed by atoms with E-state index in [2.05, 4.69) is 55.4 Å². The predicted molar refractivity (Wildman–Crippen MR) is 84.1 cm³/mol. The Morgan fingerprint density at radius 3 is 2.64 bits per heavy atom. The summed E-state index contributed by atoms with van der Waals surface area (Å²) in [6.07, 6.45) is 1.76. The number of pyridine rings is 1. The fourth-order valence-electron chi connectivity index (χ4n) is 2.78. The number of aromatic nitrogens is 4. The molecular formula is C17H17N5. The van der Waals surface area contributed by atoms with Crippen molar-refractivity contribution in [2.75, 3.05) is 13.1 Å². The normalized spacial score (nSPS) is 15.6. The number of hydrogen-bond donors (Lipinski definition) is 1. The van der Waals surface area contributed by atoms with Crippen LogP contribution in [0.25, 0.3) is 11.5 Å². The van der Waals surface area contributed by atoms with E-state index in [-0.39, 0.29) is 0 Å². The van der Waals surface area contributed by atoms with Gasteiger partial charge in [0.15, 0.2) is 5.82 Å². The zero-order valence-corrected chi connectivity index (χ0v) is 12.2. The second-order valence-corrected chi connectivity index (χ2v) is 5.64. The molecule has 1 N–H and O–H groups in total. The zero-order chi connectivity index (χ0) is 14.8. The van der Waals surface area contributed by atoms with E-state index in [4.69, 9.17) is 0 Å². The van der Waals surface area contributed by atoms with E-state index in [9.17, 15) is 0 Å². The van der Waals surface area contributed by atoms with Crippen LogP contribution in [0.2, 0.25) is 0 Å². The molecule has 2 aromatic heterocycles. The Bertz CT molecular complexity index is 732. The highest BCUT2D eigenvalue weighted by Crippen LogP contribution is 2.26. The fraction of sp³-hybridized carbons (Fsp3) is 0.235. The summed E-state index contributed by atoms with van der Waals surface area (Å²) in [7, 11) is 0. The van der Waals surface area contributed by atoms with Crippen molar-refractivity contribution in [3.05, 3.63) is 66.1 Å². The summed E-state index contributed by atoms with van der Waals surface area (Å²) in [5, 5.41) is 7.34. The van der Waals surface area contributed by atoms with Crippen molar-refractivity contribution >= 4 is 0 Å². The highest BCUT2D eigenvalue weighted by molar-refractivity contribution is 5.47. The summed E-state index contributed by atoms with van der Waals surface area (Å²) in [6.45, 7) is 3.04. The quantitative estimate of drug-likeness (QED) is 0.802. The van der Waals surface area contributed by atoms with E-state index in [1.54, 1.807) is 6.20 Å². The first-order valence-electron chi connectivity index (χ1n) is 7.48. The largest absolute Gasteiger partial charge is 0.298 e. The number of benzene rings is 1. The van der Waals surface area contributed by atoms with E-state index in [1.807, 2.05) is 18.2 Å². The van der Waals surface area contributed by atoms with Gasteiger partial charge < -0.3 is 0 Å². The molecule has 0 unspecified atom stereocenters. The van der Waals surface area contributed by atoms with Gasteiger partial charge >= 0.3 is 0 Å². The third-order valence-electron chi connectivity index (χ3n) is 3.99. The highest BCUT2D eigenvalue weighted by Gasteiger charge is 2.30. The third-order valence-corrected chi connectivity index (χ3v) is 3.99. The maximum atomic E-state index is 4.59. The Kier molecular flexibility index (Phi) is 3.40. The summed E-state index contributed by atoms with van der Waals surface area (Å²) < 4.78 is 0. The maximum Gasteiger partial charge on any atom is 0.199 e. The van der Waals surface area contributed by atoms with Crippen LogP contribution in [0.1, 0.15) is 17.3 Å². The minimum atomic E-state index is 0.439. The molecular weight excluding hydrogens is 274 g/mol. The van der Waals surface area contributed by atoms with Crippen LogP contribution in [0.3, 0.4) is 0 Å². The molecule has 1 aliphatic heterocycles. The molecule has 5 heteroatoms. The lowest BCUT2D eigenvalue weighted by atomic mass is 9.98. The topological polar surface area (TPSA) is 57.7 Å². The van der Waals surface area contributed by atoms with Crippen molar-refractivity contribution in [2.24, 2.45) is 0 Å². The number of aromatic amines is 1. The second-order valence-electron chi connectivity index (χ2n) is 5.64. The molecule has 0 amide bonds. The summed E-state index contributed by atoms with van der Waals surface area (Å²) >= 11 is 0. The van der Waals surface area contributed by atoms with E-state index < -0.39 is 0 Å². The predicted octanol–water partition coefficient (Wildman–Crippen LogP) is 2.47. The number of H-pyrrole nitrogens is 1. The Hall–Kier alpha value is -2.53. The van der Waals surface area contributed by atoms with Gasteiger partial charge in [0, 0.05) is 31.7 Å². The minimum absolute atomic E-state index is 0.439. The number of likely N-dealkylation sites (tertiary alicyclic amines) is 1. The maximum absolute atomic E-state index is 4.59. The van der Waals surface area contributed by atoms with Crippen molar-refractivity contribution < 1.29 is 0 Å². The summed E-state index contributed by atoms with van der Waals surface area (Å²) in [4.78, 5) is 11.3. The van der Waals surface area contributed by atoms with E-state index >= 15 is 0 Å². The van der Waals surface area contributed by atoms with Crippen molar-refractivity contribution in [3.8, 4) is 11.5 Å². The van der Waals surface area contributed by atoms with Gasteiger partial charge in [-0.3, -0.25) is 15.0 Å². The smallest absolute Gasteiger partial charge is 0.199 e. The first kappa shape index (κ1) is 13.2. The lowest BCUT2D eigenvalue weighted by Gasteiger charge is -2.37. The summed E-state index contributed by atoms with van der Waals surface area (Å²) in [5.74, 6) is 2.08. The SMILES string of the molecule is c1ccc(CN2CC(c3nc(-c4ccccn4)n[nH]3)C2)cc1. The molecule has 1 aromatic carbocycles. The van der Waals surface area contributed by atoms with Crippen LogP contribution in [0.5, 0.6) is 0 Å². The van der Waals surface area contributed by atoms with Crippen molar-refractivity contribution in [1.29, 1.82) is 0 Å². The molecule has 0 atom stereocenters. The van der Waals surface area contributed by atoms with Crippen LogP contribution < -0.4 is 0 Å². The molecule has 3 aromatic rings. The lowest BCUT2D eigenvalue weighted by Crippen LogP contribution is -2.44. The van der Waals surface area contributed by atoms with Crippen molar-refractivity contribution in [1.82, 2.24) is 25.1 Å². The molecule has 0 aliphatic carbocycles. The molecule has 3 heterocycles. The van der Waals surface area contributed by atoms with Gasteiger partial charge in [0.1, 0.15) is 11.5 Å². The standard InChI is InChI=1S/C17H17N5/c1-2-6-13(7-3-1)10-22-11-14(12-22)16-19-17(21-20-16)15-8-4-5-9-18-15/h1-9,14H,10-12H2,(H,19,20,21). The van der Waals surface area contributed by atoms with Gasteiger partial charge in [0.25, 0.3) is 0 Å². The zero-order valence-electron chi connectivity index (χ0n) is 12.2. The monoisotopic (exact) mass is 291 g/mol. The van der Waals surface area contributed by atoms with E-state index in [1.165, 1.54) is 5.56 Å². The van der Waals surface area contributed by atoms with Crippen LogP contribution in [0, 0.1) is 0 Å². The molecule has 110 valence electrons. The molecule has 0 saturated carbocycles. The second kappa shape index (κ2) is 5.69. The van der Waals surface area contributed by atoms with Crippen molar-refractivity contribution in [3.63, 3.8) is 0 Å². The number of nitrogens with zero attached hydrogens (tertiary/aromatic N) is 4. The van der Waals surface area contributed by atoms with Gasteiger partial charge in [0.05, 0.1) is 0 Å². The fourth-order valence-corrected chi connectivity index (χ4v) is 2.78. The Balaban J connectivity index is 1.38. The minimum Gasteiger partial charge on any atom is -0.298 e. The van der Waals surface area contributed by atoms with Crippen molar-refractivity contribution in [2.45, 2.75) is 12.5 Å². The molecule has 5 nitrogen and oxygen atoms in total. The van der Waals surface area contributed by atoms with Gasteiger partial charge in [-0.15, -0.1) is 0 Å². The molecule has 0 bridgehead atoms. The third kappa shape index (κ3) is 2.63. The highest BCUT2D eigenvalue weighted by atomic mass is 15.3. The average Bonchev–Trinajstić information content (AvgIpc) is 3.02. The summed E-state index contributed by atoms with van der Waals surface area (Å²) in [5.41, 5.74) is 2.16. The van der Waals surface area contributed by atoms with Gasteiger partial charge in [-0.2, -0.15) is 5.10 Å². The van der Waals surface area contributed by atoms with Gasteiger partial charge in [-0.05, 0) is 17.7 Å². The van der Waals surface area contributed by atoms with Crippen LogP contribution in [0.4, 0.5) is 0 Å². The first-order valence-corrected chi connectivity index (χ1v) is 7.48. The molecule has 0 radical (unpaired) electrons. The molecule has 1 fully saturated rings. The molecule has 1 aliphatic rings. The number of hydrogen-bond acceptors (Lipinski definition) is 4. The molecule has 4 rings (SSSR count). The van der Waals surface area contributed by atoms with Gasteiger partial charge in [0.2, 0.25) is 0 Å². The average molecular weight is 291 g/mol. The van der Waals surface area contributed by atoms with E-state index in [0.29, 0.717) is 11.7 Å². The molecule has 0 spiro atoms. The van der Waals surface area contributed by atoms with E-state index in [0.717, 1.165) is 31.2 Å².